The molecule has 3 heterocycles. The van der Waals surface area contributed by atoms with E-state index in [9.17, 15) is 4.79 Å². The predicted molar refractivity (Wildman–Crippen MR) is 93.4 cm³/mol. The number of thiazole rings is 1. The highest BCUT2D eigenvalue weighted by Crippen LogP contribution is 2.32. The molecule has 0 aliphatic carbocycles. The predicted octanol–water partition coefficient (Wildman–Crippen LogP) is 4.70. The van der Waals surface area contributed by atoms with E-state index in [-0.39, 0.29) is 5.91 Å². The summed E-state index contributed by atoms with van der Waals surface area (Å²) in [6.07, 6.45) is 0.967. The maximum atomic E-state index is 12.1. The van der Waals surface area contributed by atoms with E-state index in [0.29, 0.717) is 18.0 Å². The molecular weight excluding hydrogens is 354 g/mol. The third-order valence-corrected chi connectivity index (χ3v) is 5.37. The van der Waals surface area contributed by atoms with E-state index < -0.39 is 0 Å². The fourth-order valence-corrected chi connectivity index (χ4v) is 3.98. The van der Waals surface area contributed by atoms with Crippen LogP contribution in [0.1, 0.15) is 23.4 Å². The Hall–Kier alpha value is -1.70. The van der Waals surface area contributed by atoms with E-state index in [1.165, 1.54) is 22.7 Å². The van der Waals surface area contributed by atoms with Gasteiger partial charge >= 0.3 is 0 Å². The monoisotopic (exact) mass is 367 g/mol. The summed E-state index contributed by atoms with van der Waals surface area (Å²) >= 11 is 8.79. The van der Waals surface area contributed by atoms with Gasteiger partial charge in [0.25, 0.3) is 0 Å². The average molecular weight is 368 g/mol. The van der Waals surface area contributed by atoms with Gasteiger partial charge < -0.3 is 9.84 Å². The van der Waals surface area contributed by atoms with Crippen LogP contribution in [0.25, 0.3) is 10.6 Å². The maximum absolute atomic E-state index is 12.1. The molecule has 5 nitrogen and oxygen atoms in total. The highest BCUT2D eigenvalue weighted by atomic mass is 35.5. The lowest BCUT2D eigenvalue weighted by molar-refractivity contribution is -0.116. The van der Waals surface area contributed by atoms with E-state index in [2.05, 4.69) is 15.5 Å². The largest absolute Gasteiger partial charge is 0.361 e. The molecule has 1 N–H and O–H groups in total. The van der Waals surface area contributed by atoms with E-state index >= 15 is 0 Å². The summed E-state index contributed by atoms with van der Waals surface area (Å²) in [4.78, 5) is 17.5. The summed E-state index contributed by atoms with van der Waals surface area (Å²) in [5.74, 6) is 0.691. The minimum absolute atomic E-state index is 0.0740. The van der Waals surface area contributed by atoms with Gasteiger partial charge in [-0.3, -0.25) is 4.79 Å². The minimum Gasteiger partial charge on any atom is -0.361 e. The van der Waals surface area contributed by atoms with Crippen LogP contribution in [-0.4, -0.2) is 16.0 Å². The van der Waals surface area contributed by atoms with Gasteiger partial charge in [0.15, 0.2) is 5.13 Å². The van der Waals surface area contributed by atoms with Crippen LogP contribution in [0.3, 0.4) is 0 Å². The van der Waals surface area contributed by atoms with Crippen LogP contribution in [0.15, 0.2) is 22.0 Å². The van der Waals surface area contributed by atoms with Gasteiger partial charge in [0.2, 0.25) is 5.91 Å². The van der Waals surface area contributed by atoms with Crippen LogP contribution in [0.4, 0.5) is 5.13 Å². The van der Waals surface area contributed by atoms with Gasteiger partial charge in [-0.25, -0.2) is 4.98 Å². The third kappa shape index (κ3) is 3.80. The van der Waals surface area contributed by atoms with Crippen LogP contribution in [-0.2, 0) is 11.2 Å². The zero-order chi connectivity index (χ0) is 16.4. The highest BCUT2D eigenvalue weighted by Gasteiger charge is 2.13. The van der Waals surface area contributed by atoms with Crippen molar-refractivity contribution < 1.29 is 9.32 Å². The lowest BCUT2D eigenvalue weighted by Gasteiger charge is -2.01. The van der Waals surface area contributed by atoms with Gasteiger partial charge in [-0.05, 0) is 32.4 Å². The smallest absolute Gasteiger partial charge is 0.226 e. The second kappa shape index (κ2) is 6.82. The maximum Gasteiger partial charge on any atom is 0.226 e. The summed E-state index contributed by atoms with van der Waals surface area (Å²) in [5, 5.41) is 9.22. The van der Waals surface area contributed by atoms with Gasteiger partial charge in [0, 0.05) is 17.4 Å². The van der Waals surface area contributed by atoms with E-state index in [0.717, 1.165) is 31.9 Å². The Morgan fingerprint density at radius 2 is 2.22 bits per heavy atom. The quantitative estimate of drug-likeness (QED) is 0.709. The molecule has 120 valence electrons. The highest BCUT2D eigenvalue weighted by molar-refractivity contribution is 7.20. The molecule has 3 aromatic heterocycles. The number of carbonyl (C=O) groups is 1. The molecule has 1 amide bonds. The standard InChI is InChI=1S/C15H14ClN3O2S2/c1-8-10(9(2)21-19-8)3-6-14(20)18-15-17-11(7-22-15)12-4-5-13(16)23-12/h4-5,7H,3,6H2,1-2H3,(H,17,18,20). The van der Waals surface area contributed by atoms with Gasteiger partial charge in [-0.1, -0.05) is 16.8 Å². The molecule has 0 spiro atoms. The number of nitrogens with one attached hydrogen (secondary N) is 1. The number of hydrogen-bond acceptors (Lipinski definition) is 6. The van der Waals surface area contributed by atoms with Crippen molar-refractivity contribution in [2.45, 2.75) is 26.7 Å². The molecular formula is C15H14ClN3O2S2. The molecule has 0 radical (unpaired) electrons. The Labute approximate surface area is 146 Å². The van der Waals surface area contributed by atoms with Crippen LogP contribution in [0, 0.1) is 13.8 Å². The number of rotatable bonds is 5. The molecule has 0 aliphatic heterocycles. The van der Waals surface area contributed by atoms with Gasteiger partial charge in [0.05, 0.1) is 20.6 Å². The first-order chi connectivity index (χ1) is 11.0. The fourth-order valence-electron chi connectivity index (χ4n) is 2.18. The summed E-state index contributed by atoms with van der Waals surface area (Å²) in [6.45, 7) is 3.73. The molecule has 0 atom stereocenters. The van der Waals surface area contributed by atoms with Crippen molar-refractivity contribution in [3.05, 3.63) is 38.9 Å². The first kappa shape index (κ1) is 16.2. The van der Waals surface area contributed by atoms with E-state index in [1.807, 2.05) is 31.4 Å². The topological polar surface area (TPSA) is 68.0 Å². The first-order valence-electron chi connectivity index (χ1n) is 6.96. The molecule has 0 unspecified atom stereocenters. The molecule has 3 aromatic rings. The number of hydrogen-bond donors (Lipinski definition) is 1. The zero-order valence-corrected chi connectivity index (χ0v) is 14.9. The molecule has 0 aliphatic rings. The first-order valence-corrected chi connectivity index (χ1v) is 9.03. The number of thiophene rings is 1. The Morgan fingerprint density at radius 1 is 1.39 bits per heavy atom. The number of aryl methyl sites for hydroxylation is 2. The van der Waals surface area contributed by atoms with Crippen molar-refractivity contribution in [3.8, 4) is 10.6 Å². The molecule has 0 fully saturated rings. The number of carbonyl (C=O) groups excluding carboxylic acids is 1. The van der Waals surface area contributed by atoms with Crippen LogP contribution in [0.2, 0.25) is 4.34 Å². The lowest BCUT2D eigenvalue weighted by atomic mass is 10.1. The Bertz CT molecular complexity index is 818. The van der Waals surface area contributed by atoms with Crippen LogP contribution in [0.5, 0.6) is 0 Å². The van der Waals surface area contributed by atoms with Crippen molar-refractivity contribution in [1.82, 2.24) is 10.1 Å². The van der Waals surface area contributed by atoms with Crippen molar-refractivity contribution in [2.24, 2.45) is 0 Å². The molecule has 23 heavy (non-hydrogen) atoms. The number of amides is 1. The van der Waals surface area contributed by atoms with Crippen molar-refractivity contribution in [3.63, 3.8) is 0 Å². The summed E-state index contributed by atoms with van der Waals surface area (Å²) in [6, 6.07) is 3.76. The summed E-state index contributed by atoms with van der Waals surface area (Å²) in [7, 11) is 0. The second-order valence-corrected chi connectivity index (χ2v) is 7.57. The average Bonchev–Trinajstić information content (AvgIpc) is 3.20. The molecule has 0 saturated heterocycles. The van der Waals surface area contributed by atoms with Crippen LogP contribution >= 0.6 is 34.3 Å². The molecule has 0 bridgehead atoms. The Kier molecular flexibility index (Phi) is 4.79. The van der Waals surface area contributed by atoms with Gasteiger partial charge in [0.1, 0.15) is 5.76 Å². The zero-order valence-electron chi connectivity index (χ0n) is 12.6. The normalized spacial score (nSPS) is 10.9. The molecule has 0 aromatic carbocycles. The minimum atomic E-state index is -0.0740. The number of aromatic nitrogens is 2. The summed E-state index contributed by atoms with van der Waals surface area (Å²) in [5.41, 5.74) is 2.66. The second-order valence-electron chi connectivity index (χ2n) is 4.99. The Balaban J connectivity index is 1.59. The van der Waals surface area contributed by atoms with Gasteiger partial charge in [-0.2, -0.15) is 0 Å². The van der Waals surface area contributed by atoms with Gasteiger partial charge in [-0.15, -0.1) is 22.7 Å². The summed E-state index contributed by atoms with van der Waals surface area (Å²) < 4.78 is 5.82. The number of halogens is 1. The number of nitrogens with zero attached hydrogens (tertiary/aromatic N) is 2. The van der Waals surface area contributed by atoms with Crippen molar-refractivity contribution in [2.75, 3.05) is 5.32 Å². The van der Waals surface area contributed by atoms with Crippen molar-refractivity contribution >= 4 is 45.3 Å². The molecule has 8 heteroatoms. The van der Waals surface area contributed by atoms with Crippen LogP contribution < -0.4 is 5.32 Å². The number of anilines is 1. The fraction of sp³-hybridized carbons (Fsp3) is 0.267. The van der Waals surface area contributed by atoms with Crippen molar-refractivity contribution in [1.29, 1.82) is 0 Å². The van der Waals surface area contributed by atoms with E-state index in [4.69, 9.17) is 16.1 Å². The molecule has 0 saturated carbocycles. The molecule has 3 rings (SSSR count). The third-order valence-electron chi connectivity index (χ3n) is 3.36. The lowest BCUT2D eigenvalue weighted by Crippen LogP contribution is -2.12. The Morgan fingerprint density at radius 3 is 2.87 bits per heavy atom. The van der Waals surface area contributed by atoms with E-state index in [1.54, 1.807) is 0 Å². The SMILES string of the molecule is Cc1noc(C)c1CCC(=O)Nc1nc(-c2ccc(Cl)s2)cs1.